The molecule has 0 saturated heterocycles. The van der Waals surface area contributed by atoms with Crippen molar-refractivity contribution in [3.05, 3.63) is 35.7 Å². The van der Waals surface area contributed by atoms with Crippen LogP contribution in [0.5, 0.6) is 5.06 Å². The summed E-state index contributed by atoms with van der Waals surface area (Å²) in [6.45, 7) is 7.80. The van der Waals surface area contributed by atoms with Gasteiger partial charge in [0.15, 0.2) is 5.06 Å². The van der Waals surface area contributed by atoms with E-state index in [2.05, 4.69) is 36.5 Å². The van der Waals surface area contributed by atoms with Gasteiger partial charge in [-0.2, -0.15) is 0 Å². The minimum absolute atomic E-state index is 0.201. The van der Waals surface area contributed by atoms with Gasteiger partial charge in [0.1, 0.15) is 6.61 Å². The predicted molar refractivity (Wildman–Crippen MR) is 84.9 cm³/mol. The van der Waals surface area contributed by atoms with Gasteiger partial charge in [-0.1, -0.05) is 0 Å². The number of β-amino-alcohol motifs (C(OH)–C–C–N with tert-alkyl or cyclic N) is 1. The molecule has 2 N–H and O–H groups in total. The van der Waals surface area contributed by atoms with E-state index in [-0.39, 0.29) is 5.54 Å². The molecule has 1 atom stereocenters. The average molecular weight is 309 g/mol. The van der Waals surface area contributed by atoms with Crippen LogP contribution in [0.4, 0.5) is 0 Å². The van der Waals surface area contributed by atoms with Gasteiger partial charge in [0, 0.05) is 24.5 Å². The lowest BCUT2D eigenvalue weighted by atomic mass is 10.1. The van der Waals surface area contributed by atoms with E-state index >= 15 is 0 Å². The summed E-state index contributed by atoms with van der Waals surface area (Å²) in [7, 11) is 0. The fourth-order valence-corrected chi connectivity index (χ4v) is 2.63. The standard InChI is InChI=1S/C15H23N3O2S/c1-12-6-14(21-9-12)20-10-15(2,3)17-7-13(19)8-18-5-4-16-11-18/h4-6,9,11,13,17,19H,7-8,10H2,1-3H3. The summed E-state index contributed by atoms with van der Waals surface area (Å²) >= 11 is 1.61. The molecule has 0 aromatic carbocycles. The first-order valence-corrected chi connectivity index (χ1v) is 7.89. The normalized spacial score (nSPS) is 13.3. The number of imidazole rings is 1. The summed E-state index contributed by atoms with van der Waals surface area (Å²) in [4.78, 5) is 3.96. The van der Waals surface area contributed by atoms with Crippen LogP contribution in [0.25, 0.3) is 0 Å². The molecule has 2 aromatic rings. The topological polar surface area (TPSA) is 59.3 Å². The minimum atomic E-state index is -0.456. The summed E-state index contributed by atoms with van der Waals surface area (Å²) in [6, 6.07) is 2.04. The number of aliphatic hydroxyl groups excluding tert-OH is 1. The van der Waals surface area contributed by atoms with E-state index in [0.717, 1.165) is 5.06 Å². The van der Waals surface area contributed by atoms with Crippen LogP contribution in [0.3, 0.4) is 0 Å². The van der Waals surface area contributed by atoms with Gasteiger partial charge in [-0.25, -0.2) is 4.98 Å². The van der Waals surface area contributed by atoms with Crippen LogP contribution in [-0.4, -0.2) is 39.5 Å². The molecule has 0 amide bonds. The molecule has 2 aromatic heterocycles. The fraction of sp³-hybridized carbons (Fsp3) is 0.533. The minimum Gasteiger partial charge on any atom is -0.482 e. The molecule has 2 heterocycles. The molecule has 6 heteroatoms. The van der Waals surface area contributed by atoms with Gasteiger partial charge in [0.2, 0.25) is 0 Å². The zero-order valence-corrected chi connectivity index (χ0v) is 13.6. The Labute approximate surface area is 129 Å². The molecule has 0 aliphatic heterocycles. The summed E-state index contributed by atoms with van der Waals surface area (Å²) < 4.78 is 7.65. The van der Waals surface area contributed by atoms with Crippen molar-refractivity contribution in [2.45, 2.75) is 39.0 Å². The van der Waals surface area contributed by atoms with Crippen molar-refractivity contribution >= 4 is 11.3 Å². The summed E-state index contributed by atoms with van der Waals surface area (Å²) in [5.74, 6) is 0. The van der Waals surface area contributed by atoms with Crippen LogP contribution >= 0.6 is 11.3 Å². The third-order valence-electron chi connectivity index (χ3n) is 3.08. The van der Waals surface area contributed by atoms with E-state index in [1.165, 1.54) is 5.56 Å². The molecule has 0 spiro atoms. The molecular weight excluding hydrogens is 286 g/mol. The lowest BCUT2D eigenvalue weighted by molar-refractivity contribution is 0.128. The Balaban J connectivity index is 1.72. The molecule has 0 saturated carbocycles. The number of rotatable bonds is 8. The summed E-state index contributed by atoms with van der Waals surface area (Å²) in [5.41, 5.74) is 1.02. The first-order valence-electron chi connectivity index (χ1n) is 7.01. The van der Waals surface area contributed by atoms with Gasteiger partial charge in [-0.05, 0) is 37.8 Å². The molecule has 0 radical (unpaired) electrons. The van der Waals surface area contributed by atoms with Crippen LogP contribution in [0.1, 0.15) is 19.4 Å². The van der Waals surface area contributed by atoms with Gasteiger partial charge in [-0.15, -0.1) is 11.3 Å². The maximum atomic E-state index is 10.0. The number of thiophene rings is 1. The highest BCUT2D eigenvalue weighted by Gasteiger charge is 2.20. The SMILES string of the molecule is Cc1csc(OCC(C)(C)NCC(O)Cn2ccnc2)c1. The van der Waals surface area contributed by atoms with Crippen LogP contribution in [-0.2, 0) is 6.54 Å². The molecule has 2 rings (SSSR count). The van der Waals surface area contributed by atoms with E-state index in [1.54, 1.807) is 23.9 Å². The quantitative estimate of drug-likeness (QED) is 0.783. The van der Waals surface area contributed by atoms with Crippen LogP contribution in [0.2, 0.25) is 0 Å². The van der Waals surface area contributed by atoms with E-state index in [1.807, 2.05) is 16.8 Å². The molecule has 21 heavy (non-hydrogen) atoms. The molecule has 0 aliphatic carbocycles. The number of hydrogen-bond acceptors (Lipinski definition) is 5. The fourth-order valence-electron chi connectivity index (χ4n) is 1.88. The zero-order valence-electron chi connectivity index (χ0n) is 12.7. The zero-order chi connectivity index (χ0) is 15.3. The van der Waals surface area contributed by atoms with Crippen LogP contribution in [0, 0.1) is 6.92 Å². The highest BCUT2D eigenvalue weighted by atomic mass is 32.1. The number of nitrogens with zero attached hydrogens (tertiary/aromatic N) is 2. The number of nitrogens with one attached hydrogen (secondary N) is 1. The molecule has 0 fully saturated rings. The van der Waals surface area contributed by atoms with Crippen LogP contribution < -0.4 is 10.1 Å². The van der Waals surface area contributed by atoms with Crippen molar-refractivity contribution < 1.29 is 9.84 Å². The highest BCUT2D eigenvalue weighted by Crippen LogP contribution is 2.23. The van der Waals surface area contributed by atoms with Gasteiger partial charge in [0.25, 0.3) is 0 Å². The van der Waals surface area contributed by atoms with Gasteiger partial charge in [0.05, 0.1) is 19.0 Å². The Hall–Kier alpha value is -1.37. The maximum Gasteiger partial charge on any atom is 0.174 e. The second-order valence-electron chi connectivity index (χ2n) is 5.91. The molecule has 116 valence electrons. The number of ether oxygens (including phenoxy) is 1. The van der Waals surface area contributed by atoms with Crippen molar-refractivity contribution in [1.29, 1.82) is 0 Å². The van der Waals surface area contributed by atoms with E-state index < -0.39 is 6.10 Å². The Kier molecular flexibility index (Phi) is 5.39. The largest absolute Gasteiger partial charge is 0.482 e. The van der Waals surface area contributed by atoms with Crippen molar-refractivity contribution in [1.82, 2.24) is 14.9 Å². The van der Waals surface area contributed by atoms with E-state index in [9.17, 15) is 5.11 Å². The lowest BCUT2D eigenvalue weighted by Gasteiger charge is -2.27. The van der Waals surface area contributed by atoms with Gasteiger partial charge < -0.3 is 19.7 Å². The molecule has 0 bridgehead atoms. The average Bonchev–Trinajstić information content (AvgIpc) is 3.06. The second-order valence-corrected chi connectivity index (χ2v) is 6.78. The van der Waals surface area contributed by atoms with E-state index in [4.69, 9.17) is 4.74 Å². The maximum absolute atomic E-state index is 10.0. The Morgan fingerprint density at radius 3 is 2.95 bits per heavy atom. The summed E-state index contributed by atoms with van der Waals surface area (Å²) in [6.07, 6.45) is 4.80. The van der Waals surface area contributed by atoms with Gasteiger partial charge in [-0.3, -0.25) is 0 Å². The summed E-state index contributed by atoms with van der Waals surface area (Å²) in [5, 5.41) is 16.4. The molecule has 1 unspecified atom stereocenters. The lowest BCUT2D eigenvalue weighted by Crippen LogP contribution is -2.48. The third kappa shape index (κ3) is 5.49. The first kappa shape index (κ1) is 16.0. The first-order chi connectivity index (χ1) is 9.94. The number of hydrogen-bond donors (Lipinski definition) is 2. The van der Waals surface area contributed by atoms with Crippen molar-refractivity contribution in [2.24, 2.45) is 0 Å². The van der Waals surface area contributed by atoms with Crippen molar-refractivity contribution in [2.75, 3.05) is 13.2 Å². The Bertz CT molecular complexity index is 537. The van der Waals surface area contributed by atoms with Crippen molar-refractivity contribution in [3.63, 3.8) is 0 Å². The van der Waals surface area contributed by atoms with E-state index in [0.29, 0.717) is 19.7 Å². The Morgan fingerprint density at radius 1 is 1.52 bits per heavy atom. The van der Waals surface area contributed by atoms with Gasteiger partial charge >= 0.3 is 0 Å². The monoisotopic (exact) mass is 309 g/mol. The number of aryl methyl sites for hydroxylation is 1. The van der Waals surface area contributed by atoms with Crippen molar-refractivity contribution in [3.8, 4) is 5.06 Å². The van der Waals surface area contributed by atoms with Crippen LogP contribution in [0.15, 0.2) is 30.2 Å². The highest BCUT2D eigenvalue weighted by molar-refractivity contribution is 7.12. The predicted octanol–water partition coefficient (Wildman–Crippen LogP) is 2.06. The molecule has 5 nitrogen and oxygen atoms in total. The smallest absolute Gasteiger partial charge is 0.174 e. The molecule has 0 aliphatic rings. The third-order valence-corrected chi connectivity index (χ3v) is 4.04. The molecular formula is C15H23N3O2S. The number of aliphatic hydroxyl groups is 1. The number of aromatic nitrogens is 2. The second kappa shape index (κ2) is 7.06. The Morgan fingerprint density at radius 2 is 2.33 bits per heavy atom.